The summed E-state index contributed by atoms with van der Waals surface area (Å²) in [5.74, 6) is 1.08. The topological polar surface area (TPSA) is 158 Å². The molecule has 2 aliphatic rings. The fourth-order valence-corrected chi connectivity index (χ4v) is 5.30. The number of hydrogen-bond donors (Lipinski definition) is 2. The van der Waals surface area contributed by atoms with Gasteiger partial charge in [0.05, 0.1) is 35.4 Å². The summed E-state index contributed by atoms with van der Waals surface area (Å²) in [5, 5.41) is 3.08. The minimum atomic E-state index is -3.58. The third kappa shape index (κ3) is 4.41. The first kappa shape index (κ1) is 24.5. The van der Waals surface area contributed by atoms with E-state index in [1.54, 1.807) is 23.2 Å². The highest BCUT2D eigenvalue weighted by molar-refractivity contribution is 7.89. The molecule has 12 nitrogen and oxygen atoms in total. The monoisotopic (exact) mass is 533 g/mol. The summed E-state index contributed by atoms with van der Waals surface area (Å²) >= 11 is 0. The first-order valence-corrected chi connectivity index (χ1v) is 14.1. The lowest BCUT2D eigenvalue weighted by atomic mass is 9.93. The predicted octanol–water partition coefficient (Wildman–Crippen LogP) is 2.47. The van der Waals surface area contributed by atoms with Gasteiger partial charge in [0.1, 0.15) is 16.7 Å². The maximum Gasteiger partial charge on any atom is 0.295 e. The number of nitrogens with one attached hydrogen (secondary N) is 2. The Morgan fingerprint density at radius 3 is 2.50 bits per heavy atom. The number of hydrogen-bond acceptors (Lipinski definition) is 10. The summed E-state index contributed by atoms with van der Waals surface area (Å²) in [6.45, 7) is 2.12. The van der Waals surface area contributed by atoms with Gasteiger partial charge in [-0.3, -0.25) is 14.3 Å². The van der Waals surface area contributed by atoms with Crippen LogP contribution in [0.4, 0.5) is 5.82 Å². The molecular weight excluding hydrogens is 506 g/mol. The molecule has 0 spiro atoms. The Labute approximate surface area is 219 Å². The number of aromatic nitrogens is 7. The van der Waals surface area contributed by atoms with Gasteiger partial charge in [0.2, 0.25) is 10.0 Å². The van der Waals surface area contributed by atoms with Crippen LogP contribution in [0.25, 0.3) is 22.6 Å². The summed E-state index contributed by atoms with van der Waals surface area (Å²) in [7, 11) is -2.23. The Balaban J connectivity index is 1.37. The Morgan fingerprint density at radius 2 is 1.84 bits per heavy atom. The molecule has 2 saturated carbocycles. The zero-order chi connectivity index (χ0) is 26.4. The number of anilines is 1. The SMILES string of the molecule is CNS(=O)(=O)c1ccc(CNc2nc3cnc(-c4c(C)ncnc4C4CC4)nc3n(C3CCC3)c2=O)nc1. The van der Waals surface area contributed by atoms with E-state index in [1.807, 2.05) is 6.92 Å². The number of rotatable bonds is 8. The first-order valence-electron chi connectivity index (χ1n) is 12.6. The van der Waals surface area contributed by atoms with E-state index in [9.17, 15) is 13.2 Å². The molecule has 0 radical (unpaired) electrons. The molecule has 4 aromatic heterocycles. The van der Waals surface area contributed by atoms with Crippen LogP contribution in [-0.2, 0) is 16.6 Å². The number of nitrogens with zero attached hydrogens (tertiary/aromatic N) is 7. The first-order chi connectivity index (χ1) is 18.4. The van der Waals surface area contributed by atoms with E-state index in [-0.39, 0.29) is 28.9 Å². The Hall–Kier alpha value is -3.84. The zero-order valence-electron chi connectivity index (χ0n) is 21.0. The second kappa shape index (κ2) is 9.48. The van der Waals surface area contributed by atoms with E-state index in [4.69, 9.17) is 4.98 Å². The summed E-state index contributed by atoms with van der Waals surface area (Å²) < 4.78 is 27.9. The van der Waals surface area contributed by atoms with Gasteiger partial charge in [-0.15, -0.1) is 0 Å². The second-order valence-corrected chi connectivity index (χ2v) is 11.5. The number of aryl methyl sites for hydroxylation is 1. The van der Waals surface area contributed by atoms with E-state index in [0.717, 1.165) is 49.1 Å². The van der Waals surface area contributed by atoms with Crippen molar-refractivity contribution in [2.45, 2.75) is 62.4 Å². The van der Waals surface area contributed by atoms with Crippen molar-refractivity contribution in [3.05, 3.63) is 58.3 Å². The van der Waals surface area contributed by atoms with Gasteiger partial charge < -0.3 is 5.32 Å². The van der Waals surface area contributed by atoms with Crippen molar-refractivity contribution in [3.8, 4) is 11.4 Å². The van der Waals surface area contributed by atoms with Crippen molar-refractivity contribution in [1.29, 1.82) is 0 Å². The molecule has 0 amide bonds. The van der Waals surface area contributed by atoms with Crippen LogP contribution in [-0.4, -0.2) is 49.9 Å². The van der Waals surface area contributed by atoms with Gasteiger partial charge in [0, 0.05) is 18.2 Å². The van der Waals surface area contributed by atoms with Crippen molar-refractivity contribution < 1.29 is 8.42 Å². The molecule has 4 aromatic rings. The average Bonchev–Trinajstić information content (AvgIpc) is 3.74. The van der Waals surface area contributed by atoms with Crippen molar-refractivity contribution in [2.24, 2.45) is 0 Å². The van der Waals surface area contributed by atoms with E-state index >= 15 is 0 Å². The van der Waals surface area contributed by atoms with Crippen LogP contribution in [0.15, 0.2) is 40.5 Å². The van der Waals surface area contributed by atoms with Crippen molar-refractivity contribution >= 4 is 27.0 Å². The largest absolute Gasteiger partial charge is 0.360 e. The second-order valence-electron chi connectivity index (χ2n) is 9.66. The molecule has 0 saturated heterocycles. The minimum Gasteiger partial charge on any atom is -0.360 e. The summed E-state index contributed by atoms with van der Waals surface area (Å²) in [6.07, 6.45) is 9.51. The van der Waals surface area contributed by atoms with Crippen molar-refractivity contribution in [3.63, 3.8) is 0 Å². The van der Waals surface area contributed by atoms with Gasteiger partial charge in [0.15, 0.2) is 17.3 Å². The van der Waals surface area contributed by atoms with Crippen LogP contribution in [0.2, 0.25) is 0 Å². The van der Waals surface area contributed by atoms with E-state index in [1.165, 1.54) is 19.3 Å². The fraction of sp³-hybridized carbons (Fsp3) is 0.400. The lowest BCUT2D eigenvalue weighted by Crippen LogP contribution is -2.32. The average molecular weight is 534 g/mol. The molecule has 196 valence electrons. The number of fused-ring (bicyclic) bond motifs is 1. The third-order valence-corrected chi connectivity index (χ3v) is 8.54. The van der Waals surface area contributed by atoms with E-state index in [2.05, 4.69) is 35.0 Å². The standard InChI is InChI=1S/C25H27N9O3S/c1-14-20(21(15-6-7-15)31-13-30-14)22-29-12-19-24(33-22)34(17-4-3-5-17)25(35)23(32-19)28-10-16-8-9-18(11-27-16)38(36,37)26-2/h8-9,11-13,15,17,26H,3-7,10H2,1-2H3,(H,28,32). The summed E-state index contributed by atoms with van der Waals surface area (Å²) in [6, 6.07) is 3.10. The Kier molecular flexibility index (Phi) is 6.11. The third-order valence-electron chi connectivity index (χ3n) is 7.14. The molecule has 0 aliphatic heterocycles. The van der Waals surface area contributed by atoms with Crippen LogP contribution in [0.3, 0.4) is 0 Å². The quantitative estimate of drug-likeness (QED) is 0.345. The maximum atomic E-state index is 13.6. The molecule has 4 heterocycles. The zero-order valence-corrected chi connectivity index (χ0v) is 21.9. The highest BCUT2D eigenvalue weighted by Crippen LogP contribution is 2.43. The Morgan fingerprint density at radius 1 is 1.03 bits per heavy atom. The normalized spacial score (nSPS) is 15.9. The van der Waals surface area contributed by atoms with Crippen LogP contribution in [0, 0.1) is 6.92 Å². The van der Waals surface area contributed by atoms with Gasteiger partial charge in [-0.2, -0.15) is 0 Å². The number of sulfonamides is 1. The molecule has 38 heavy (non-hydrogen) atoms. The highest BCUT2D eigenvalue weighted by Gasteiger charge is 2.31. The highest BCUT2D eigenvalue weighted by atomic mass is 32.2. The van der Waals surface area contributed by atoms with Crippen LogP contribution in [0.5, 0.6) is 0 Å². The molecule has 2 N–H and O–H groups in total. The van der Waals surface area contributed by atoms with Gasteiger partial charge >= 0.3 is 0 Å². The molecule has 2 fully saturated rings. The molecular formula is C25H27N9O3S. The van der Waals surface area contributed by atoms with Crippen LogP contribution >= 0.6 is 0 Å². The van der Waals surface area contributed by atoms with Crippen molar-refractivity contribution in [1.82, 2.24) is 39.2 Å². The van der Waals surface area contributed by atoms with Gasteiger partial charge in [-0.1, -0.05) is 0 Å². The summed E-state index contributed by atoms with van der Waals surface area (Å²) in [5.41, 5.74) is 3.92. The fourth-order valence-electron chi connectivity index (χ4n) is 4.62. The van der Waals surface area contributed by atoms with Gasteiger partial charge in [-0.05, 0) is 58.2 Å². The van der Waals surface area contributed by atoms with E-state index < -0.39 is 10.0 Å². The lowest BCUT2D eigenvalue weighted by molar-refractivity contribution is 0.313. The Bertz CT molecular complexity index is 1700. The van der Waals surface area contributed by atoms with Crippen molar-refractivity contribution in [2.75, 3.05) is 12.4 Å². The molecule has 0 aromatic carbocycles. The van der Waals surface area contributed by atoms with Crippen LogP contribution in [0.1, 0.15) is 61.1 Å². The molecule has 0 bridgehead atoms. The van der Waals surface area contributed by atoms with Gasteiger partial charge in [-0.25, -0.2) is 38.1 Å². The molecule has 13 heteroatoms. The smallest absolute Gasteiger partial charge is 0.295 e. The molecule has 6 rings (SSSR count). The van der Waals surface area contributed by atoms with Crippen LogP contribution < -0.4 is 15.6 Å². The minimum absolute atomic E-state index is 0.0384. The lowest BCUT2D eigenvalue weighted by Gasteiger charge is -2.28. The molecule has 0 unspecified atom stereocenters. The van der Waals surface area contributed by atoms with Gasteiger partial charge in [0.25, 0.3) is 5.56 Å². The molecule has 0 atom stereocenters. The maximum absolute atomic E-state index is 13.6. The summed E-state index contributed by atoms with van der Waals surface area (Å²) in [4.78, 5) is 40.8. The van der Waals surface area contributed by atoms with E-state index in [0.29, 0.717) is 28.6 Å². The predicted molar refractivity (Wildman–Crippen MR) is 140 cm³/mol. The number of pyridine rings is 1. The molecule has 2 aliphatic carbocycles.